The van der Waals surface area contributed by atoms with Crippen molar-refractivity contribution in [3.8, 4) is 0 Å². The van der Waals surface area contributed by atoms with Gasteiger partial charge in [-0.25, -0.2) is 0 Å². The monoisotopic (exact) mass is 494 g/mol. The average molecular weight is 495 g/mol. The van der Waals surface area contributed by atoms with Gasteiger partial charge in [-0.05, 0) is 50.8 Å². The maximum Gasteiger partial charge on any atom is 0.338 e. The first-order valence-corrected chi connectivity index (χ1v) is 12.4. The summed E-state index contributed by atoms with van der Waals surface area (Å²) in [6.07, 6.45) is 3.02. The minimum atomic E-state index is -4.36. The van der Waals surface area contributed by atoms with Crippen LogP contribution in [0.1, 0.15) is 32.8 Å². The van der Waals surface area contributed by atoms with Crippen LogP contribution in [0.4, 0.5) is 0 Å². The van der Waals surface area contributed by atoms with Crippen molar-refractivity contribution in [1.29, 1.82) is 0 Å². The Labute approximate surface area is 198 Å². The first-order valence-electron chi connectivity index (χ1n) is 10.6. The molecule has 0 amide bonds. The lowest BCUT2D eigenvalue weighted by molar-refractivity contribution is -0.287. The fourth-order valence-electron chi connectivity index (χ4n) is 6.02. The van der Waals surface area contributed by atoms with E-state index in [9.17, 15) is 18.0 Å². The molecule has 4 atom stereocenters. The highest BCUT2D eigenvalue weighted by Gasteiger charge is 2.83. The Morgan fingerprint density at radius 2 is 1.70 bits per heavy atom. The molecular weight excluding hydrogens is 468 g/mol. The van der Waals surface area contributed by atoms with E-state index in [1.807, 2.05) is 19.9 Å². The van der Waals surface area contributed by atoms with Gasteiger partial charge in [0.25, 0.3) is 0 Å². The molecular formula is C24H27ClO7S. The number of fused-ring (bicyclic) bond motifs is 1. The molecule has 178 valence electrons. The van der Waals surface area contributed by atoms with E-state index in [0.717, 1.165) is 5.56 Å². The van der Waals surface area contributed by atoms with Crippen LogP contribution in [0, 0.1) is 29.1 Å². The van der Waals surface area contributed by atoms with Gasteiger partial charge in [-0.15, -0.1) is 0 Å². The summed E-state index contributed by atoms with van der Waals surface area (Å²) in [5.74, 6) is -3.06. The Kier molecular flexibility index (Phi) is 5.30. The molecule has 2 bridgehead atoms. The van der Waals surface area contributed by atoms with Crippen molar-refractivity contribution >= 4 is 33.8 Å². The number of halogens is 1. The normalized spacial score (nSPS) is 34.8. The number of allylic oxidation sites excluding steroid dienone is 3. The largest absolute Gasteiger partial charge is 0.381 e. The lowest BCUT2D eigenvalue weighted by Gasteiger charge is -2.65. The molecule has 3 unspecified atom stereocenters. The smallest absolute Gasteiger partial charge is 0.338 e. The number of ketones is 1. The predicted molar refractivity (Wildman–Crippen MR) is 121 cm³/mol. The summed E-state index contributed by atoms with van der Waals surface area (Å²) in [6, 6.07) is 6.14. The molecule has 1 saturated carbocycles. The number of hydrogen-bond acceptors (Lipinski definition) is 7. The van der Waals surface area contributed by atoms with E-state index in [-0.39, 0.29) is 21.6 Å². The molecule has 0 saturated heterocycles. The van der Waals surface area contributed by atoms with Gasteiger partial charge < -0.3 is 18.5 Å². The summed E-state index contributed by atoms with van der Waals surface area (Å²) in [5, 5.41) is -0.0500. The first-order chi connectivity index (χ1) is 15.3. The van der Waals surface area contributed by atoms with Crippen LogP contribution >= 0.6 is 11.6 Å². The van der Waals surface area contributed by atoms with Gasteiger partial charge in [-0.1, -0.05) is 42.3 Å². The third-order valence-corrected chi connectivity index (χ3v) is 9.77. The van der Waals surface area contributed by atoms with Crippen molar-refractivity contribution in [2.75, 3.05) is 14.2 Å². The summed E-state index contributed by atoms with van der Waals surface area (Å²) in [6.45, 7) is 6.83. The highest BCUT2D eigenvalue weighted by Crippen LogP contribution is 2.76. The van der Waals surface area contributed by atoms with Crippen LogP contribution in [0.3, 0.4) is 0 Å². The van der Waals surface area contributed by atoms with Gasteiger partial charge in [-0.2, -0.15) is 8.42 Å². The molecule has 7 nitrogen and oxygen atoms in total. The SMILES string of the molecule is COC1(OC)C(=O)C23C(=CC[C@@H]2C)C(C)(C=O)C1(C)C(OS(=O)(=O)c1ccc(C)cc1)=C3Cl. The van der Waals surface area contributed by atoms with Gasteiger partial charge in [0.15, 0.2) is 0 Å². The van der Waals surface area contributed by atoms with Crippen molar-refractivity contribution in [3.05, 3.63) is 52.3 Å². The molecule has 0 heterocycles. The predicted octanol–water partition coefficient (Wildman–Crippen LogP) is 3.90. The minimum absolute atomic E-state index is 0.0500. The van der Waals surface area contributed by atoms with E-state index in [1.165, 1.54) is 33.3 Å². The van der Waals surface area contributed by atoms with Gasteiger partial charge in [0.05, 0.1) is 15.9 Å². The lowest BCUT2D eigenvalue weighted by atomic mass is 9.40. The first kappa shape index (κ1) is 24.1. The standard InChI is InChI=1S/C24H27ClO7S/c1-14-7-10-16(11-8-14)33(28,29)32-19-18(25)23-15(2)9-12-17(23)21(3,13-26)22(19,4)24(30-5,31-6)20(23)27/h7-8,10-13,15H,9H2,1-6H3/t15-,21?,22?,23?/m0/s1. The van der Waals surface area contributed by atoms with Gasteiger partial charge >= 0.3 is 10.1 Å². The Morgan fingerprint density at radius 1 is 1.12 bits per heavy atom. The molecule has 5 rings (SSSR count). The van der Waals surface area contributed by atoms with E-state index >= 15 is 0 Å². The molecule has 4 aliphatic carbocycles. The molecule has 33 heavy (non-hydrogen) atoms. The minimum Gasteiger partial charge on any atom is -0.381 e. The second-order valence-corrected chi connectivity index (χ2v) is 11.3. The Bertz CT molecular complexity index is 1210. The Balaban J connectivity index is 2.07. The number of carbonyl (C=O) groups excluding carboxylic acids is 2. The molecule has 1 fully saturated rings. The molecule has 0 N–H and O–H groups in total. The van der Waals surface area contributed by atoms with E-state index in [0.29, 0.717) is 18.3 Å². The topological polar surface area (TPSA) is 96.0 Å². The summed E-state index contributed by atoms with van der Waals surface area (Å²) < 4.78 is 43.8. The highest BCUT2D eigenvalue weighted by atomic mass is 35.5. The van der Waals surface area contributed by atoms with Crippen LogP contribution in [0.15, 0.2) is 51.6 Å². The summed E-state index contributed by atoms with van der Waals surface area (Å²) in [7, 11) is -1.78. The van der Waals surface area contributed by atoms with Gasteiger partial charge in [-0.3, -0.25) is 4.79 Å². The zero-order chi connectivity index (χ0) is 24.6. The number of carbonyl (C=O) groups is 2. The van der Waals surface area contributed by atoms with Crippen molar-refractivity contribution in [1.82, 2.24) is 0 Å². The van der Waals surface area contributed by atoms with E-state index < -0.39 is 37.9 Å². The van der Waals surface area contributed by atoms with Crippen LogP contribution in [-0.4, -0.2) is 40.5 Å². The molecule has 4 aliphatic rings. The number of benzene rings is 1. The fraction of sp³-hybridized carbons (Fsp3) is 0.500. The van der Waals surface area contributed by atoms with Gasteiger partial charge in [0.2, 0.25) is 11.6 Å². The van der Waals surface area contributed by atoms with Crippen LogP contribution in [0.2, 0.25) is 0 Å². The highest BCUT2D eigenvalue weighted by molar-refractivity contribution is 7.86. The van der Waals surface area contributed by atoms with Gasteiger partial charge in [0, 0.05) is 14.2 Å². The molecule has 0 aliphatic heterocycles. The number of aldehydes is 1. The number of ether oxygens (including phenoxy) is 2. The number of hydrogen-bond donors (Lipinski definition) is 0. The molecule has 9 heteroatoms. The molecule has 1 aromatic carbocycles. The zero-order valence-electron chi connectivity index (χ0n) is 19.4. The summed E-state index contributed by atoms with van der Waals surface area (Å²) in [5.41, 5.74) is -3.21. The summed E-state index contributed by atoms with van der Waals surface area (Å²) >= 11 is 6.90. The quantitative estimate of drug-likeness (QED) is 0.256. The Morgan fingerprint density at radius 3 is 2.21 bits per heavy atom. The molecule has 0 radical (unpaired) electrons. The molecule has 1 aromatic rings. The molecule has 0 aromatic heterocycles. The summed E-state index contributed by atoms with van der Waals surface area (Å²) in [4.78, 5) is 26.8. The van der Waals surface area contributed by atoms with E-state index in [4.69, 9.17) is 25.3 Å². The van der Waals surface area contributed by atoms with Crippen molar-refractivity contribution in [3.63, 3.8) is 0 Å². The second kappa shape index (κ2) is 7.25. The fourth-order valence-corrected chi connectivity index (χ4v) is 7.70. The Hall–Kier alpha value is -2.00. The van der Waals surface area contributed by atoms with Crippen molar-refractivity contribution in [2.24, 2.45) is 22.2 Å². The number of rotatable bonds is 6. The number of aryl methyl sites for hydroxylation is 1. The lowest BCUT2D eigenvalue weighted by Crippen LogP contribution is -2.76. The van der Waals surface area contributed by atoms with Gasteiger partial charge in [0.1, 0.15) is 22.4 Å². The third kappa shape index (κ3) is 2.50. The van der Waals surface area contributed by atoms with Crippen LogP contribution < -0.4 is 0 Å². The van der Waals surface area contributed by atoms with Crippen molar-refractivity contribution in [2.45, 2.75) is 44.8 Å². The maximum atomic E-state index is 14.1. The average Bonchev–Trinajstić information content (AvgIpc) is 3.14. The maximum absolute atomic E-state index is 14.1. The van der Waals surface area contributed by atoms with Crippen LogP contribution in [-0.2, 0) is 33.4 Å². The molecule has 1 spiro atoms. The van der Waals surface area contributed by atoms with Crippen molar-refractivity contribution < 1.29 is 31.7 Å². The van der Waals surface area contributed by atoms with E-state index in [2.05, 4.69) is 0 Å². The number of methoxy groups -OCH3 is 2. The van der Waals surface area contributed by atoms with Crippen LogP contribution in [0.5, 0.6) is 0 Å². The second-order valence-electron chi connectivity index (χ2n) is 9.36. The number of Topliss-reactive ketones (excluding diaryl/α,β-unsaturated/α-hetero) is 1. The zero-order valence-corrected chi connectivity index (χ0v) is 21.0. The van der Waals surface area contributed by atoms with Crippen LogP contribution in [0.25, 0.3) is 0 Å². The van der Waals surface area contributed by atoms with E-state index in [1.54, 1.807) is 19.1 Å². The third-order valence-electron chi connectivity index (χ3n) is 8.07.